The molecule has 0 saturated carbocycles. The normalized spacial score (nSPS) is 11.2. The summed E-state index contributed by atoms with van der Waals surface area (Å²) in [6, 6.07) is 12.3. The third kappa shape index (κ3) is 4.47. The summed E-state index contributed by atoms with van der Waals surface area (Å²) in [5.41, 5.74) is 1.12. The molecule has 9 nitrogen and oxygen atoms in total. The first-order valence-electron chi connectivity index (χ1n) is 9.33. The van der Waals surface area contributed by atoms with E-state index in [2.05, 4.69) is 29.0 Å². The SMILES string of the molecule is COc1cc2ccc3c4ccc(OC)c(OC)c4c[n+](C)c3c2cc1OC.O=S(=O)([O-])O. The second-order valence-corrected chi connectivity index (χ2v) is 7.68. The van der Waals surface area contributed by atoms with Gasteiger partial charge in [0.05, 0.1) is 44.6 Å². The molecule has 0 spiro atoms. The number of ether oxygens (including phenoxy) is 4. The topological polar surface area (TPSA) is 118 Å². The lowest BCUT2D eigenvalue weighted by Gasteiger charge is -2.13. The quantitative estimate of drug-likeness (QED) is 0.213. The summed E-state index contributed by atoms with van der Waals surface area (Å²) in [6.07, 6.45) is 2.08. The van der Waals surface area contributed by atoms with Crippen LogP contribution in [0.25, 0.3) is 32.4 Å². The van der Waals surface area contributed by atoms with E-state index in [9.17, 15) is 0 Å². The Balaban J connectivity index is 0.000000523. The molecule has 0 aliphatic heterocycles. The average Bonchev–Trinajstić information content (AvgIpc) is 2.75. The molecule has 0 fully saturated rings. The van der Waals surface area contributed by atoms with Gasteiger partial charge < -0.3 is 23.5 Å². The first kappa shape index (κ1) is 23.3. The van der Waals surface area contributed by atoms with Gasteiger partial charge >= 0.3 is 0 Å². The maximum absolute atomic E-state index is 8.63. The second kappa shape index (κ2) is 9.03. The maximum Gasteiger partial charge on any atom is 0.220 e. The number of nitrogens with zero attached hydrogens (tertiary/aromatic N) is 1. The summed E-state index contributed by atoms with van der Waals surface area (Å²) >= 11 is 0. The first-order chi connectivity index (χ1) is 15.1. The van der Waals surface area contributed by atoms with Crippen LogP contribution in [0.2, 0.25) is 0 Å². The lowest BCUT2D eigenvalue weighted by atomic mass is 10.00. The van der Waals surface area contributed by atoms with Crippen molar-refractivity contribution in [2.75, 3.05) is 28.4 Å². The standard InChI is InChI=1S/C22H22NO4.H2O4S/c1-23-12-17-14(8-9-18(24-2)22(17)27-5)15-7-6-13-10-19(25-3)20(26-4)11-16(13)21(15)23;1-5(2,3)4/h6-12H,1-5H3;(H2,1,2,3,4)/q+1;/p-1. The number of benzene rings is 3. The number of hydrogen-bond acceptors (Lipinski definition) is 7. The van der Waals surface area contributed by atoms with Gasteiger partial charge in [-0.3, -0.25) is 4.55 Å². The summed E-state index contributed by atoms with van der Waals surface area (Å²) in [6.45, 7) is 0. The van der Waals surface area contributed by atoms with Crippen LogP contribution in [0.1, 0.15) is 0 Å². The van der Waals surface area contributed by atoms with Gasteiger partial charge in [-0.05, 0) is 35.7 Å². The van der Waals surface area contributed by atoms with E-state index < -0.39 is 10.4 Å². The minimum Gasteiger partial charge on any atom is -0.726 e. The van der Waals surface area contributed by atoms with Crippen molar-refractivity contribution in [3.05, 3.63) is 42.6 Å². The van der Waals surface area contributed by atoms with Crippen LogP contribution in [0, 0.1) is 0 Å². The zero-order valence-electron chi connectivity index (χ0n) is 18.2. The Morgan fingerprint density at radius 1 is 0.781 bits per heavy atom. The van der Waals surface area contributed by atoms with Crippen LogP contribution in [0.4, 0.5) is 0 Å². The van der Waals surface area contributed by atoms with Crippen LogP contribution in [-0.2, 0) is 17.4 Å². The van der Waals surface area contributed by atoms with Crippen LogP contribution in [0.15, 0.2) is 42.6 Å². The van der Waals surface area contributed by atoms with Crippen LogP contribution >= 0.6 is 0 Å². The number of rotatable bonds is 4. The highest BCUT2D eigenvalue weighted by Crippen LogP contribution is 2.40. The fraction of sp³-hybridized carbons (Fsp3) is 0.227. The molecule has 170 valence electrons. The fourth-order valence-electron chi connectivity index (χ4n) is 3.80. The molecule has 0 saturated heterocycles. The van der Waals surface area contributed by atoms with E-state index >= 15 is 0 Å². The molecule has 0 amide bonds. The Bertz CT molecular complexity index is 1410. The number of hydrogen-bond donors (Lipinski definition) is 1. The summed E-state index contributed by atoms with van der Waals surface area (Å²) in [7, 11) is 3.74. The second-order valence-electron chi connectivity index (χ2n) is 6.82. The Morgan fingerprint density at radius 2 is 1.34 bits per heavy atom. The largest absolute Gasteiger partial charge is 0.726 e. The molecule has 32 heavy (non-hydrogen) atoms. The van der Waals surface area contributed by atoms with Gasteiger partial charge in [0.1, 0.15) is 7.05 Å². The van der Waals surface area contributed by atoms with Gasteiger partial charge in [0, 0.05) is 5.39 Å². The maximum atomic E-state index is 8.63. The van der Waals surface area contributed by atoms with Gasteiger partial charge in [0.15, 0.2) is 29.2 Å². The number of methoxy groups -OCH3 is 4. The molecule has 0 radical (unpaired) electrons. The van der Waals surface area contributed by atoms with Gasteiger partial charge in [-0.25, -0.2) is 8.42 Å². The number of pyridine rings is 1. The molecule has 0 aliphatic carbocycles. The highest BCUT2D eigenvalue weighted by atomic mass is 32.3. The lowest BCUT2D eigenvalue weighted by molar-refractivity contribution is -0.642. The highest BCUT2D eigenvalue weighted by molar-refractivity contribution is 7.79. The van der Waals surface area contributed by atoms with Crippen molar-refractivity contribution >= 4 is 42.8 Å². The van der Waals surface area contributed by atoms with E-state index in [0.29, 0.717) is 5.75 Å². The Hall–Kier alpha value is -3.34. The average molecular weight is 461 g/mol. The number of fused-ring (bicyclic) bond motifs is 5. The first-order valence-corrected chi connectivity index (χ1v) is 10.7. The minimum absolute atomic E-state index is 0.713. The van der Waals surface area contributed by atoms with E-state index in [1.165, 1.54) is 0 Å². The molecule has 10 heteroatoms. The Labute approximate surface area is 185 Å². The van der Waals surface area contributed by atoms with Gasteiger partial charge in [-0.2, -0.15) is 4.57 Å². The zero-order valence-corrected chi connectivity index (χ0v) is 19.0. The van der Waals surface area contributed by atoms with E-state index in [1.807, 2.05) is 25.2 Å². The smallest absolute Gasteiger partial charge is 0.220 e. The summed E-state index contributed by atoms with van der Waals surface area (Å²) < 4.78 is 57.0. The number of aromatic nitrogens is 1. The van der Waals surface area contributed by atoms with Gasteiger partial charge in [0.2, 0.25) is 15.9 Å². The van der Waals surface area contributed by atoms with Crippen molar-refractivity contribution in [3.8, 4) is 23.0 Å². The minimum atomic E-state index is -4.92. The van der Waals surface area contributed by atoms with Crippen molar-refractivity contribution in [1.29, 1.82) is 0 Å². The van der Waals surface area contributed by atoms with Gasteiger partial charge in [-0.15, -0.1) is 0 Å². The molecule has 0 unspecified atom stereocenters. The summed E-state index contributed by atoms with van der Waals surface area (Å²) in [4.78, 5) is 0. The number of aryl methyl sites for hydroxylation is 1. The van der Waals surface area contributed by atoms with Crippen molar-refractivity contribution < 1.29 is 41.0 Å². The van der Waals surface area contributed by atoms with Crippen molar-refractivity contribution in [2.45, 2.75) is 0 Å². The van der Waals surface area contributed by atoms with E-state index in [-0.39, 0.29) is 0 Å². The zero-order chi connectivity index (χ0) is 23.6. The Kier molecular flexibility index (Phi) is 6.58. The molecule has 0 atom stereocenters. The molecular formula is C22H23NO8S. The molecule has 1 aromatic heterocycles. The lowest BCUT2D eigenvalue weighted by Crippen LogP contribution is -2.28. The molecule has 1 heterocycles. The molecule has 1 N–H and O–H groups in total. The molecular weight excluding hydrogens is 438 g/mol. The predicted molar refractivity (Wildman–Crippen MR) is 119 cm³/mol. The van der Waals surface area contributed by atoms with Crippen molar-refractivity contribution in [3.63, 3.8) is 0 Å². The fourth-order valence-corrected chi connectivity index (χ4v) is 3.80. The predicted octanol–water partition coefficient (Wildman–Crippen LogP) is 3.01. The molecule has 0 bridgehead atoms. The molecule has 0 aliphatic rings. The third-order valence-electron chi connectivity index (χ3n) is 5.05. The molecule has 4 aromatic rings. The van der Waals surface area contributed by atoms with Crippen LogP contribution < -0.4 is 23.5 Å². The monoisotopic (exact) mass is 461 g/mol. The van der Waals surface area contributed by atoms with Crippen LogP contribution in [-0.4, -0.2) is 46.0 Å². The van der Waals surface area contributed by atoms with Crippen molar-refractivity contribution in [1.82, 2.24) is 0 Å². The van der Waals surface area contributed by atoms with E-state index in [4.69, 9.17) is 36.5 Å². The van der Waals surface area contributed by atoms with Crippen molar-refractivity contribution in [2.24, 2.45) is 7.05 Å². The summed E-state index contributed by atoms with van der Waals surface area (Å²) in [5.74, 6) is 2.89. The van der Waals surface area contributed by atoms with Gasteiger partial charge in [-0.1, -0.05) is 6.07 Å². The Morgan fingerprint density at radius 3 is 1.91 bits per heavy atom. The molecule has 3 aromatic carbocycles. The highest BCUT2D eigenvalue weighted by Gasteiger charge is 2.20. The van der Waals surface area contributed by atoms with E-state index in [1.54, 1.807) is 28.4 Å². The van der Waals surface area contributed by atoms with E-state index in [0.717, 1.165) is 49.7 Å². The third-order valence-corrected chi connectivity index (χ3v) is 5.05. The van der Waals surface area contributed by atoms with Gasteiger partial charge in [0.25, 0.3) is 0 Å². The van der Waals surface area contributed by atoms with Crippen LogP contribution in [0.3, 0.4) is 0 Å². The summed E-state index contributed by atoms with van der Waals surface area (Å²) in [5, 5.41) is 5.44. The van der Waals surface area contributed by atoms with Crippen LogP contribution in [0.5, 0.6) is 23.0 Å². The molecule has 4 rings (SSSR count).